The van der Waals surface area contributed by atoms with Gasteiger partial charge in [-0.2, -0.15) is 0 Å². The number of imidazole rings is 2. The summed E-state index contributed by atoms with van der Waals surface area (Å²) in [5.41, 5.74) is 13.8. The van der Waals surface area contributed by atoms with E-state index in [4.69, 9.17) is 22.4 Å². The largest absolute Gasteiger partial charge is 0.519 e. The zero-order valence-corrected chi connectivity index (χ0v) is 55.2. The third-order valence-corrected chi connectivity index (χ3v) is 17.2. The van der Waals surface area contributed by atoms with Gasteiger partial charge in [0.1, 0.15) is 5.58 Å². The molecule has 6 nitrogen and oxygen atoms in total. The molecule has 0 aliphatic heterocycles. The molecule has 15 aromatic rings. The summed E-state index contributed by atoms with van der Waals surface area (Å²) in [4.78, 5) is 5.43. The number of fused-ring (bicyclic) bond motifs is 5. The van der Waals surface area contributed by atoms with E-state index in [2.05, 4.69) is 170 Å². The molecule has 0 saturated carbocycles. The molecule has 0 radical (unpaired) electrons. The first-order valence-electron chi connectivity index (χ1n) is 35.9. The number of nitrogens with zero attached hydrogens (tertiary/aromatic N) is 4. The molecule has 3 heterocycles. The molecule has 0 aliphatic carbocycles. The van der Waals surface area contributed by atoms with Gasteiger partial charge >= 0.3 is 0 Å². The van der Waals surface area contributed by atoms with Gasteiger partial charge in [-0.25, -0.2) is 0 Å². The van der Waals surface area contributed by atoms with Gasteiger partial charge < -0.3 is 18.3 Å². The maximum Gasteiger partial charge on any atom is 0.268 e. The van der Waals surface area contributed by atoms with E-state index in [1.54, 1.807) is 27.3 Å². The van der Waals surface area contributed by atoms with Crippen molar-refractivity contribution in [2.75, 3.05) is 0 Å². The fourth-order valence-corrected chi connectivity index (χ4v) is 12.4. The summed E-state index contributed by atoms with van der Waals surface area (Å²) in [6.07, 6.45) is 3.67. The standard InChI is InChI=1S/C86H70N4O2.Pt/c1-84(2,3)62-42-44-67(71(51-62)58-31-18-12-19-32-58)60-41-45-77-78(49-60)88(55-89(77)81-68(56-27-14-10-15-28-56)36-26-37-69(81)57-29-16-11-17-30-57)79-54-66(53-73-70-35-22-25-40-80(70)92-82(73)79)91-65-48-61(47-64(50-65)86(7,8)9)83-87-74-38-23-24-39-76(74)90(83)75-46-43-63(85(4,5)6)52-72(75)59-33-20-13-21-34-59;/h10-47,49-53H,1-9H3;/q-2;/i10D,11D,14D,15D,16D,17D,27D,28D,29D,30D;. The van der Waals surface area contributed by atoms with Crippen LogP contribution in [-0.4, -0.2) is 14.1 Å². The van der Waals surface area contributed by atoms with Gasteiger partial charge in [-0.15, -0.1) is 29.3 Å². The minimum Gasteiger partial charge on any atom is -0.519 e. The van der Waals surface area contributed by atoms with E-state index in [9.17, 15) is 5.48 Å². The topological polar surface area (TPSA) is 49.0 Å². The Balaban J connectivity index is 0.00000897. The van der Waals surface area contributed by atoms with E-state index in [1.165, 1.54) is 5.56 Å². The average Bonchev–Trinajstić information content (AvgIpc) is 1.62. The Hall–Kier alpha value is -10.1. The van der Waals surface area contributed by atoms with Crippen molar-refractivity contribution < 1.29 is 48.5 Å². The summed E-state index contributed by atoms with van der Waals surface area (Å²) >= 11 is 0. The van der Waals surface area contributed by atoms with E-state index in [1.807, 2.05) is 97.1 Å². The van der Waals surface area contributed by atoms with Crippen LogP contribution in [0.3, 0.4) is 0 Å². The second-order valence-electron chi connectivity index (χ2n) is 26.5. The smallest absolute Gasteiger partial charge is 0.268 e. The van der Waals surface area contributed by atoms with Crippen molar-refractivity contribution in [1.82, 2.24) is 14.1 Å². The van der Waals surface area contributed by atoms with Crippen molar-refractivity contribution >= 4 is 44.0 Å². The SMILES string of the molecule is [2H]c1c([2H])c([2H])c(-c2cccc(-c3c([2H])c([2H])c([2H])c([2H])c3[2H])c2-[n+]2[c-]n(-c3[c-]c(Oc4[c-]c(-c5nc6ccccc6n5-c5ccc(C(C)(C)C)cc5-c5ccccc5)cc(C(C)(C)C)c4)cc4c3oc3ccccc34)c3cc(-c4ccc(C(C)(C)C)cc4-c4ccccc4)ccc32)c([2H])c1[2H].[Pt]. The maximum absolute atomic E-state index is 9.47. The van der Waals surface area contributed by atoms with Gasteiger partial charge in [0.15, 0.2) is 0 Å². The van der Waals surface area contributed by atoms with Gasteiger partial charge in [-0.05, 0) is 120 Å². The normalized spacial score (nSPS) is 13.6. The number of aromatic nitrogens is 4. The van der Waals surface area contributed by atoms with Crippen molar-refractivity contribution in [3.05, 3.63) is 296 Å². The first-order chi connectivity index (χ1) is 48.6. The summed E-state index contributed by atoms with van der Waals surface area (Å²) in [6, 6.07) is 68.2. The molecule has 0 aliphatic rings. The van der Waals surface area contributed by atoms with Crippen LogP contribution in [0.5, 0.6) is 11.5 Å². The van der Waals surface area contributed by atoms with Gasteiger partial charge in [-0.3, -0.25) is 9.55 Å². The third-order valence-electron chi connectivity index (χ3n) is 17.2. The molecule has 15 rings (SSSR count). The van der Waals surface area contributed by atoms with Gasteiger partial charge in [0.2, 0.25) is 0 Å². The number of benzene rings is 12. The molecule has 0 saturated heterocycles. The van der Waals surface area contributed by atoms with Crippen LogP contribution in [0, 0.1) is 18.5 Å². The zero-order valence-electron chi connectivity index (χ0n) is 63.0. The van der Waals surface area contributed by atoms with Crippen molar-refractivity contribution in [3.63, 3.8) is 0 Å². The Morgan fingerprint density at radius 1 is 0.462 bits per heavy atom. The number of para-hydroxylation sites is 4. The van der Waals surface area contributed by atoms with Crippen molar-refractivity contribution in [2.45, 2.75) is 78.6 Å². The molecule has 93 heavy (non-hydrogen) atoms. The first kappa shape index (κ1) is 49.6. The minimum absolute atomic E-state index is 0. The molecule has 0 unspecified atom stereocenters. The Labute approximate surface area is 573 Å². The number of ether oxygens (including phenoxy) is 1. The van der Waals surface area contributed by atoms with E-state index >= 15 is 0 Å². The van der Waals surface area contributed by atoms with E-state index in [0.717, 1.165) is 66.6 Å². The predicted octanol–water partition coefficient (Wildman–Crippen LogP) is 22.2. The second-order valence-corrected chi connectivity index (χ2v) is 26.5. The Morgan fingerprint density at radius 3 is 1.72 bits per heavy atom. The molecule has 0 N–H and O–H groups in total. The summed E-state index contributed by atoms with van der Waals surface area (Å²) < 4.78 is 111. The summed E-state index contributed by atoms with van der Waals surface area (Å²) in [5, 5.41) is 1.43. The van der Waals surface area contributed by atoms with Gasteiger partial charge in [-0.1, -0.05) is 286 Å². The fourth-order valence-electron chi connectivity index (χ4n) is 12.4. The molecule has 0 bridgehead atoms. The average molecular weight is 1400 g/mol. The number of hydrogen-bond acceptors (Lipinski definition) is 3. The van der Waals surface area contributed by atoms with Crippen LogP contribution >= 0.6 is 0 Å². The summed E-state index contributed by atoms with van der Waals surface area (Å²) in [7, 11) is 0. The van der Waals surface area contributed by atoms with Crippen LogP contribution < -0.4 is 9.30 Å². The third kappa shape index (κ3) is 11.3. The molecular weight excluding hydrogens is 1320 g/mol. The Kier molecular flexibility index (Phi) is 12.7. The zero-order chi connectivity index (χ0) is 71.7. The quantitative estimate of drug-likeness (QED) is 0.0958. The van der Waals surface area contributed by atoms with Gasteiger partial charge in [0.25, 0.3) is 6.33 Å². The fraction of sp³-hybridized carbons (Fsp3) is 0.140. The van der Waals surface area contributed by atoms with Crippen molar-refractivity contribution in [1.29, 1.82) is 0 Å². The number of hydrogen-bond donors (Lipinski definition) is 0. The predicted molar refractivity (Wildman–Crippen MR) is 378 cm³/mol. The minimum atomic E-state index is -0.601. The molecule has 0 spiro atoms. The van der Waals surface area contributed by atoms with E-state index < -0.39 is 65.8 Å². The van der Waals surface area contributed by atoms with Crippen molar-refractivity contribution in [2.24, 2.45) is 0 Å². The Morgan fingerprint density at radius 2 is 1.05 bits per heavy atom. The van der Waals surface area contributed by atoms with Crippen LogP contribution in [0.25, 0.3) is 128 Å². The van der Waals surface area contributed by atoms with Gasteiger partial charge in [0.05, 0.1) is 47.3 Å². The molecule has 0 fully saturated rings. The van der Waals surface area contributed by atoms with E-state index in [0.29, 0.717) is 50.4 Å². The molecule has 12 aromatic carbocycles. The second kappa shape index (κ2) is 23.8. The van der Waals surface area contributed by atoms with Gasteiger partial charge in [0, 0.05) is 54.8 Å². The van der Waals surface area contributed by atoms with Crippen molar-refractivity contribution in [3.8, 4) is 95.6 Å². The van der Waals surface area contributed by atoms with Crippen LogP contribution in [0.15, 0.2) is 265 Å². The summed E-state index contributed by atoms with van der Waals surface area (Å²) in [6.45, 7) is 19.7. The molecule has 7 heteroatoms. The molecule has 0 atom stereocenters. The van der Waals surface area contributed by atoms with Crippen LogP contribution in [-0.2, 0) is 37.3 Å². The Bertz CT molecular complexity index is 5800. The molecular formula is C86H70N4O2Pt-2. The molecule has 0 amide bonds. The number of rotatable bonds is 11. The van der Waals surface area contributed by atoms with Crippen LogP contribution in [0.4, 0.5) is 0 Å². The maximum atomic E-state index is 9.47. The number of furan rings is 1. The molecule has 458 valence electrons. The van der Waals surface area contributed by atoms with Crippen LogP contribution in [0.1, 0.15) is 92.7 Å². The van der Waals surface area contributed by atoms with E-state index in [-0.39, 0.29) is 65.6 Å². The first-order valence-corrected chi connectivity index (χ1v) is 30.9. The van der Waals surface area contributed by atoms with Crippen LogP contribution in [0.2, 0.25) is 0 Å². The monoisotopic (exact) mass is 1400 g/mol. The summed E-state index contributed by atoms with van der Waals surface area (Å²) in [5.74, 6) is 1.30. The molecule has 3 aromatic heterocycles.